The third-order valence-electron chi connectivity index (χ3n) is 3.68. The van der Waals surface area contributed by atoms with E-state index in [0.29, 0.717) is 6.54 Å². The minimum absolute atomic E-state index is 0.259. The Morgan fingerprint density at radius 3 is 2.50 bits per heavy atom. The summed E-state index contributed by atoms with van der Waals surface area (Å²) in [4.78, 5) is 4.67. The highest BCUT2D eigenvalue weighted by Gasteiger charge is 2.18. The number of benzene rings is 1. The summed E-state index contributed by atoms with van der Waals surface area (Å²) >= 11 is 0. The Morgan fingerprint density at radius 1 is 1.22 bits per heavy atom. The molecule has 1 aromatic carbocycles. The molecule has 1 aliphatic heterocycles. The molecule has 4 nitrogen and oxygen atoms in total. The number of rotatable bonds is 3. The Morgan fingerprint density at radius 2 is 1.89 bits per heavy atom. The molecule has 0 radical (unpaired) electrons. The van der Waals surface area contributed by atoms with Crippen LogP contribution >= 0.6 is 0 Å². The highest BCUT2D eigenvalue weighted by molar-refractivity contribution is 5.79. The van der Waals surface area contributed by atoms with Crippen LogP contribution < -0.4 is 10.6 Å². The lowest BCUT2D eigenvalue weighted by Gasteiger charge is -2.36. The van der Waals surface area contributed by atoms with Crippen LogP contribution in [0.3, 0.4) is 0 Å². The SMILES string of the molecule is Cc1cccc(N2CCN(CC(=N)N)CC2)c1C. The van der Waals surface area contributed by atoms with Gasteiger partial charge in [-0.1, -0.05) is 12.1 Å². The molecule has 4 heteroatoms. The first-order chi connectivity index (χ1) is 8.58. The van der Waals surface area contributed by atoms with E-state index in [4.69, 9.17) is 11.1 Å². The van der Waals surface area contributed by atoms with Crippen molar-refractivity contribution in [2.45, 2.75) is 13.8 Å². The van der Waals surface area contributed by atoms with Crippen molar-refractivity contribution >= 4 is 11.5 Å². The summed E-state index contributed by atoms with van der Waals surface area (Å²) in [7, 11) is 0. The first-order valence-electron chi connectivity index (χ1n) is 6.44. The van der Waals surface area contributed by atoms with E-state index in [1.807, 2.05) is 0 Å². The molecule has 1 fully saturated rings. The molecule has 1 aliphatic rings. The predicted octanol–water partition coefficient (Wildman–Crippen LogP) is 1.36. The third kappa shape index (κ3) is 2.82. The van der Waals surface area contributed by atoms with Crippen LogP contribution in [0.1, 0.15) is 11.1 Å². The van der Waals surface area contributed by atoms with Crippen molar-refractivity contribution in [3.8, 4) is 0 Å². The molecule has 2 rings (SSSR count). The summed E-state index contributed by atoms with van der Waals surface area (Å²) in [5.74, 6) is 0.259. The molecule has 0 bridgehead atoms. The molecule has 0 aliphatic carbocycles. The zero-order valence-corrected chi connectivity index (χ0v) is 11.2. The van der Waals surface area contributed by atoms with Gasteiger partial charge in [-0.15, -0.1) is 0 Å². The third-order valence-corrected chi connectivity index (χ3v) is 3.68. The van der Waals surface area contributed by atoms with Crippen molar-refractivity contribution < 1.29 is 0 Å². The summed E-state index contributed by atoms with van der Waals surface area (Å²) < 4.78 is 0. The molecule has 0 unspecified atom stereocenters. The summed E-state index contributed by atoms with van der Waals surface area (Å²) in [6, 6.07) is 6.48. The van der Waals surface area contributed by atoms with Gasteiger partial charge in [0.25, 0.3) is 0 Å². The van der Waals surface area contributed by atoms with Gasteiger partial charge < -0.3 is 10.6 Å². The van der Waals surface area contributed by atoms with Crippen LogP contribution in [0.5, 0.6) is 0 Å². The molecule has 1 saturated heterocycles. The van der Waals surface area contributed by atoms with Gasteiger partial charge in [-0.25, -0.2) is 0 Å². The largest absolute Gasteiger partial charge is 0.387 e. The van der Waals surface area contributed by atoms with Crippen LogP contribution in [-0.2, 0) is 0 Å². The molecule has 0 atom stereocenters. The van der Waals surface area contributed by atoms with Gasteiger partial charge in [0.2, 0.25) is 0 Å². The number of nitrogens with two attached hydrogens (primary N) is 1. The number of nitrogens with zero attached hydrogens (tertiary/aromatic N) is 2. The normalized spacial score (nSPS) is 16.9. The Balaban J connectivity index is 2.01. The van der Waals surface area contributed by atoms with Crippen molar-refractivity contribution in [2.24, 2.45) is 5.73 Å². The van der Waals surface area contributed by atoms with Crippen molar-refractivity contribution in [1.82, 2.24) is 4.90 Å². The minimum atomic E-state index is 0.259. The van der Waals surface area contributed by atoms with Gasteiger partial charge in [-0.3, -0.25) is 10.3 Å². The van der Waals surface area contributed by atoms with E-state index in [1.54, 1.807) is 0 Å². The average Bonchev–Trinajstić information content (AvgIpc) is 2.33. The number of nitrogens with one attached hydrogen (secondary N) is 1. The van der Waals surface area contributed by atoms with Crippen LogP contribution in [0.15, 0.2) is 18.2 Å². The monoisotopic (exact) mass is 246 g/mol. The van der Waals surface area contributed by atoms with E-state index in [1.165, 1.54) is 16.8 Å². The maximum absolute atomic E-state index is 7.33. The van der Waals surface area contributed by atoms with Crippen molar-refractivity contribution in [3.05, 3.63) is 29.3 Å². The maximum Gasteiger partial charge on any atom is 0.105 e. The van der Waals surface area contributed by atoms with E-state index in [0.717, 1.165) is 26.2 Å². The second-order valence-corrected chi connectivity index (χ2v) is 5.01. The van der Waals surface area contributed by atoms with E-state index >= 15 is 0 Å². The lowest BCUT2D eigenvalue weighted by molar-refractivity contribution is 0.290. The second-order valence-electron chi connectivity index (χ2n) is 5.01. The average molecular weight is 246 g/mol. The second kappa shape index (κ2) is 5.40. The van der Waals surface area contributed by atoms with Crippen LogP contribution in [-0.4, -0.2) is 43.5 Å². The quantitative estimate of drug-likeness (QED) is 0.625. The number of hydrogen-bond donors (Lipinski definition) is 2. The lowest BCUT2D eigenvalue weighted by atomic mass is 10.1. The predicted molar refractivity (Wildman–Crippen MR) is 76.5 cm³/mol. The fraction of sp³-hybridized carbons (Fsp3) is 0.500. The van der Waals surface area contributed by atoms with Gasteiger partial charge >= 0.3 is 0 Å². The van der Waals surface area contributed by atoms with E-state index in [9.17, 15) is 0 Å². The van der Waals surface area contributed by atoms with Gasteiger partial charge in [-0.2, -0.15) is 0 Å². The van der Waals surface area contributed by atoms with E-state index < -0.39 is 0 Å². The first-order valence-corrected chi connectivity index (χ1v) is 6.44. The molecule has 3 N–H and O–H groups in total. The van der Waals surface area contributed by atoms with Crippen molar-refractivity contribution in [1.29, 1.82) is 5.41 Å². The Hall–Kier alpha value is -1.55. The number of piperazine rings is 1. The Labute approximate surface area is 109 Å². The smallest absolute Gasteiger partial charge is 0.105 e. The van der Waals surface area contributed by atoms with Crippen molar-refractivity contribution in [2.75, 3.05) is 37.6 Å². The standard InChI is InChI=1S/C14H22N4/c1-11-4-3-5-13(12(11)2)18-8-6-17(7-9-18)10-14(15)16/h3-5H,6-10H2,1-2H3,(H3,15,16). The van der Waals surface area contributed by atoms with E-state index in [2.05, 4.69) is 41.8 Å². The molecule has 0 saturated carbocycles. The molecule has 0 spiro atoms. The lowest BCUT2D eigenvalue weighted by Crippen LogP contribution is -2.49. The van der Waals surface area contributed by atoms with Gasteiger partial charge in [0.15, 0.2) is 0 Å². The molecular formula is C14H22N4. The molecule has 18 heavy (non-hydrogen) atoms. The summed E-state index contributed by atoms with van der Waals surface area (Å²) in [6.45, 7) is 8.92. The summed E-state index contributed by atoms with van der Waals surface area (Å²) in [5, 5.41) is 7.33. The fourth-order valence-corrected chi connectivity index (χ4v) is 2.47. The molecule has 0 amide bonds. The zero-order chi connectivity index (χ0) is 13.1. The number of hydrogen-bond acceptors (Lipinski definition) is 3. The van der Waals surface area contributed by atoms with Gasteiger partial charge in [0.1, 0.15) is 5.84 Å². The Kier molecular flexibility index (Phi) is 3.87. The van der Waals surface area contributed by atoms with E-state index in [-0.39, 0.29) is 5.84 Å². The summed E-state index contributed by atoms with van der Waals surface area (Å²) in [5.41, 5.74) is 9.50. The highest BCUT2D eigenvalue weighted by Crippen LogP contribution is 2.23. The van der Waals surface area contributed by atoms with Gasteiger partial charge in [-0.05, 0) is 31.0 Å². The molecule has 1 heterocycles. The van der Waals surface area contributed by atoms with Crippen LogP contribution in [0.4, 0.5) is 5.69 Å². The zero-order valence-electron chi connectivity index (χ0n) is 11.2. The van der Waals surface area contributed by atoms with Crippen molar-refractivity contribution in [3.63, 3.8) is 0 Å². The molecule has 1 aromatic rings. The number of amidine groups is 1. The highest BCUT2D eigenvalue weighted by atomic mass is 15.3. The topological polar surface area (TPSA) is 56.4 Å². The fourth-order valence-electron chi connectivity index (χ4n) is 2.47. The molecule has 0 aromatic heterocycles. The summed E-state index contributed by atoms with van der Waals surface area (Å²) in [6.07, 6.45) is 0. The number of aryl methyl sites for hydroxylation is 1. The molecule has 98 valence electrons. The van der Waals surface area contributed by atoms with Gasteiger partial charge in [0, 0.05) is 31.9 Å². The number of anilines is 1. The first kappa shape index (κ1) is 12.9. The van der Waals surface area contributed by atoms with Crippen LogP contribution in [0, 0.1) is 19.3 Å². The van der Waals surface area contributed by atoms with Gasteiger partial charge in [0.05, 0.1) is 6.54 Å². The maximum atomic E-state index is 7.33. The Bertz CT molecular complexity index is 433. The van der Waals surface area contributed by atoms with Crippen LogP contribution in [0.25, 0.3) is 0 Å². The molecular weight excluding hydrogens is 224 g/mol. The minimum Gasteiger partial charge on any atom is -0.387 e. The van der Waals surface area contributed by atoms with Crippen LogP contribution in [0.2, 0.25) is 0 Å².